The first-order valence-corrected chi connectivity index (χ1v) is 10.0. The van der Waals surface area contributed by atoms with Crippen molar-refractivity contribution >= 4 is 33.1 Å². The van der Waals surface area contributed by atoms with Crippen molar-refractivity contribution in [3.8, 4) is 10.4 Å². The maximum absolute atomic E-state index is 4.68. The van der Waals surface area contributed by atoms with Gasteiger partial charge in [-0.15, -0.1) is 11.3 Å². The van der Waals surface area contributed by atoms with Gasteiger partial charge in [-0.3, -0.25) is 5.43 Å². The summed E-state index contributed by atoms with van der Waals surface area (Å²) in [5.41, 5.74) is 7.12. The second-order valence-corrected chi connectivity index (χ2v) is 9.07. The molecule has 27 heavy (non-hydrogen) atoms. The molecule has 2 heterocycles. The number of hydrogen-bond donors (Lipinski definition) is 1. The molecule has 5 heteroatoms. The number of hydrogen-bond acceptors (Lipinski definition) is 5. The average molecular weight is 377 g/mol. The highest BCUT2D eigenvalue weighted by atomic mass is 32.1. The number of aromatic nitrogens is 2. The Kier molecular flexibility index (Phi) is 4.56. The van der Waals surface area contributed by atoms with E-state index < -0.39 is 0 Å². The summed E-state index contributed by atoms with van der Waals surface area (Å²) in [6.07, 6.45) is 4.27. The first kappa shape index (κ1) is 17.9. The van der Waals surface area contributed by atoms with Crippen LogP contribution in [0, 0.1) is 12.3 Å². The summed E-state index contributed by atoms with van der Waals surface area (Å²) >= 11 is 1.69. The van der Waals surface area contributed by atoms with E-state index in [-0.39, 0.29) is 5.41 Å². The summed E-state index contributed by atoms with van der Waals surface area (Å²) in [5.74, 6) is 1.53. The van der Waals surface area contributed by atoms with Crippen LogP contribution in [0.2, 0.25) is 0 Å². The average Bonchev–Trinajstić information content (AvgIpc) is 3.02. The molecule has 0 saturated carbocycles. The van der Waals surface area contributed by atoms with Gasteiger partial charge in [-0.05, 0) is 49.8 Å². The van der Waals surface area contributed by atoms with Gasteiger partial charge in [0.25, 0.3) is 0 Å². The Hall–Kier alpha value is -2.53. The first-order chi connectivity index (χ1) is 12.9. The third-order valence-corrected chi connectivity index (χ3v) is 5.78. The molecule has 0 unspecified atom stereocenters. The highest BCUT2D eigenvalue weighted by Gasteiger charge is 2.24. The molecule has 1 aliphatic carbocycles. The predicted molar refractivity (Wildman–Crippen MR) is 115 cm³/mol. The minimum absolute atomic E-state index is 0.249. The van der Waals surface area contributed by atoms with Crippen LogP contribution in [0.3, 0.4) is 0 Å². The Morgan fingerprint density at radius 3 is 2.59 bits per heavy atom. The van der Waals surface area contributed by atoms with E-state index in [1.807, 2.05) is 13.0 Å². The van der Waals surface area contributed by atoms with Crippen molar-refractivity contribution in [1.29, 1.82) is 0 Å². The molecule has 4 nitrogen and oxygen atoms in total. The Labute approximate surface area is 164 Å². The number of anilines is 1. The van der Waals surface area contributed by atoms with E-state index in [4.69, 9.17) is 0 Å². The fourth-order valence-corrected chi connectivity index (χ4v) is 4.83. The molecule has 0 amide bonds. The molecule has 0 atom stereocenters. The van der Waals surface area contributed by atoms with Crippen molar-refractivity contribution in [2.45, 2.75) is 40.5 Å². The number of thiophene rings is 1. The summed E-state index contributed by atoms with van der Waals surface area (Å²) in [6, 6.07) is 12.5. The van der Waals surface area contributed by atoms with Crippen LogP contribution in [-0.2, 0) is 0 Å². The number of allylic oxidation sites excluding steroid dienone is 2. The van der Waals surface area contributed by atoms with E-state index in [9.17, 15) is 0 Å². The maximum Gasteiger partial charge on any atom is 0.158 e. The van der Waals surface area contributed by atoms with E-state index >= 15 is 0 Å². The predicted octanol–water partition coefficient (Wildman–Crippen LogP) is 6.20. The van der Waals surface area contributed by atoms with Gasteiger partial charge in [0.2, 0.25) is 0 Å². The summed E-state index contributed by atoms with van der Waals surface area (Å²) < 4.78 is 0. The number of nitrogens with zero attached hydrogens (tertiary/aromatic N) is 3. The van der Waals surface area contributed by atoms with Gasteiger partial charge in [0.1, 0.15) is 10.7 Å². The van der Waals surface area contributed by atoms with Crippen molar-refractivity contribution in [2.75, 3.05) is 5.43 Å². The third kappa shape index (κ3) is 3.93. The van der Waals surface area contributed by atoms with Crippen LogP contribution >= 0.6 is 11.3 Å². The number of fused-ring (bicyclic) bond motifs is 1. The van der Waals surface area contributed by atoms with Gasteiger partial charge < -0.3 is 0 Å². The fourth-order valence-electron chi connectivity index (χ4n) is 3.75. The summed E-state index contributed by atoms with van der Waals surface area (Å²) in [7, 11) is 0. The quantitative estimate of drug-likeness (QED) is 0.554. The number of benzene rings is 1. The maximum atomic E-state index is 4.68. The molecule has 0 saturated heterocycles. The minimum atomic E-state index is 0.249. The number of rotatable bonds is 3. The van der Waals surface area contributed by atoms with E-state index in [0.29, 0.717) is 0 Å². The molecular weight excluding hydrogens is 352 g/mol. The van der Waals surface area contributed by atoms with Gasteiger partial charge in [-0.1, -0.05) is 49.8 Å². The van der Waals surface area contributed by atoms with E-state index in [0.717, 1.165) is 40.4 Å². The Balaban J connectivity index is 1.70. The standard InChI is InChI=1S/C22H24N4S/c1-14-10-17(13-22(3,4)12-14)25-26-20-18-11-19(16-8-6-5-7-9-16)27-21(18)24-15(2)23-20/h5-11H,12-13H2,1-4H3,(H,23,24,26)/b25-17+. The largest absolute Gasteiger partial charge is 0.260 e. The lowest BCUT2D eigenvalue weighted by Crippen LogP contribution is -2.22. The van der Waals surface area contributed by atoms with Gasteiger partial charge in [0.15, 0.2) is 5.82 Å². The zero-order chi connectivity index (χ0) is 19.0. The SMILES string of the molecule is CC1=C/C(=N\Nc2nc(C)nc3sc(-c4ccccc4)cc23)CC(C)(C)C1. The highest BCUT2D eigenvalue weighted by Crippen LogP contribution is 2.36. The van der Waals surface area contributed by atoms with Crippen LogP contribution < -0.4 is 5.43 Å². The molecular formula is C22H24N4S. The Morgan fingerprint density at radius 1 is 1.07 bits per heavy atom. The Bertz CT molecular complexity index is 1040. The van der Waals surface area contributed by atoms with Crippen molar-refractivity contribution in [2.24, 2.45) is 10.5 Å². The summed E-state index contributed by atoms with van der Waals surface area (Å²) in [4.78, 5) is 11.4. The zero-order valence-corrected chi connectivity index (χ0v) is 17.0. The second-order valence-electron chi connectivity index (χ2n) is 8.04. The molecule has 138 valence electrons. The topological polar surface area (TPSA) is 50.2 Å². The summed E-state index contributed by atoms with van der Waals surface area (Å²) in [6.45, 7) is 8.68. The molecule has 1 N–H and O–H groups in total. The first-order valence-electron chi connectivity index (χ1n) is 9.23. The van der Waals surface area contributed by atoms with Gasteiger partial charge in [0.05, 0.1) is 11.1 Å². The van der Waals surface area contributed by atoms with Gasteiger partial charge in [-0.25, -0.2) is 9.97 Å². The lowest BCUT2D eigenvalue weighted by Gasteiger charge is -2.29. The highest BCUT2D eigenvalue weighted by molar-refractivity contribution is 7.21. The van der Waals surface area contributed by atoms with Crippen LogP contribution in [0.25, 0.3) is 20.7 Å². The molecule has 0 radical (unpaired) electrons. The molecule has 0 fully saturated rings. The smallest absolute Gasteiger partial charge is 0.158 e. The monoisotopic (exact) mass is 376 g/mol. The van der Waals surface area contributed by atoms with Crippen LogP contribution in [-0.4, -0.2) is 15.7 Å². The van der Waals surface area contributed by atoms with Crippen molar-refractivity contribution in [3.05, 3.63) is 53.9 Å². The molecule has 2 aromatic heterocycles. The van der Waals surface area contributed by atoms with Crippen molar-refractivity contribution < 1.29 is 0 Å². The minimum Gasteiger partial charge on any atom is -0.260 e. The lowest BCUT2D eigenvalue weighted by atomic mass is 9.77. The van der Waals surface area contributed by atoms with Crippen LogP contribution in [0.1, 0.15) is 39.4 Å². The molecule has 4 rings (SSSR count). The van der Waals surface area contributed by atoms with Crippen molar-refractivity contribution in [1.82, 2.24) is 9.97 Å². The lowest BCUT2D eigenvalue weighted by molar-refractivity contribution is 0.373. The van der Waals surface area contributed by atoms with Gasteiger partial charge in [-0.2, -0.15) is 5.10 Å². The molecule has 0 aliphatic heterocycles. The second kappa shape index (κ2) is 6.89. The number of hydrazone groups is 1. The normalized spacial score (nSPS) is 17.9. The molecule has 0 bridgehead atoms. The zero-order valence-electron chi connectivity index (χ0n) is 16.2. The molecule has 3 aromatic rings. The third-order valence-electron chi connectivity index (χ3n) is 4.70. The molecule has 0 spiro atoms. The van der Waals surface area contributed by atoms with E-state index in [2.05, 4.69) is 77.7 Å². The van der Waals surface area contributed by atoms with Crippen LogP contribution in [0.4, 0.5) is 5.82 Å². The fraction of sp³-hybridized carbons (Fsp3) is 0.318. The van der Waals surface area contributed by atoms with Crippen molar-refractivity contribution in [3.63, 3.8) is 0 Å². The van der Waals surface area contributed by atoms with E-state index in [1.165, 1.54) is 16.0 Å². The molecule has 1 aliphatic rings. The van der Waals surface area contributed by atoms with E-state index in [1.54, 1.807) is 11.3 Å². The van der Waals surface area contributed by atoms with Crippen LogP contribution in [0.5, 0.6) is 0 Å². The number of aryl methyl sites for hydroxylation is 1. The molecule has 1 aromatic carbocycles. The summed E-state index contributed by atoms with van der Waals surface area (Å²) in [5, 5.41) is 5.70. The number of nitrogens with one attached hydrogen (secondary N) is 1. The van der Waals surface area contributed by atoms with Gasteiger partial charge in [0, 0.05) is 4.88 Å². The Morgan fingerprint density at radius 2 is 1.85 bits per heavy atom. The van der Waals surface area contributed by atoms with Gasteiger partial charge >= 0.3 is 0 Å². The van der Waals surface area contributed by atoms with Crippen LogP contribution in [0.15, 0.2) is 53.1 Å².